The van der Waals surface area contributed by atoms with Gasteiger partial charge in [0, 0.05) is 6.61 Å². The second kappa shape index (κ2) is 7.84. The minimum Gasteiger partial charge on any atom is -0.480 e. The van der Waals surface area contributed by atoms with Crippen LogP contribution in [0.3, 0.4) is 0 Å². The number of hydrogen-bond donors (Lipinski definition) is 2. The summed E-state index contributed by atoms with van der Waals surface area (Å²) >= 11 is 0. The molecule has 2 N–H and O–H groups in total. The number of carboxylic acid groups (broad SMARTS) is 1. The van der Waals surface area contributed by atoms with E-state index in [1.807, 2.05) is 0 Å². The molecule has 1 saturated heterocycles. The maximum absolute atomic E-state index is 11.9. The average molecular weight is 287 g/mol. The zero-order chi connectivity index (χ0) is 15.1. The maximum atomic E-state index is 11.9. The largest absolute Gasteiger partial charge is 0.480 e. The highest BCUT2D eigenvalue weighted by Gasteiger charge is 2.32. The third-order valence-corrected chi connectivity index (χ3v) is 3.15. The van der Waals surface area contributed by atoms with Gasteiger partial charge in [-0.3, -0.25) is 9.59 Å². The standard InChI is InChI=1S/C13H21NO6/c1-3-19-10(15)7-8(2)11(13(17)18)14-12(16)9-5-4-6-20-9/h8-9,11H,3-7H2,1-2H3,(H,14,16)(H,17,18)/t8-,9-,11+/m1/s1. The molecule has 1 rings (SSSR count). The Morgan fingerprint density at radius 2 is 2.15 bits per heavy atom. The van der Waals surface area contributed by atoms with Crippen LogP contribution in [0.4, 0.5) is 0 Å². The predicted octanol–water partition coefficient (Wildman–Crippen LogP) is 0.324. The van der Waals surface area contributed by atoms with Gasteiger partial charge >= 0.3 is 11.9 Å². The van der Waals surface area contributed by atoms with E-state index in [1.54, 1.807) is 13.8 Å². The minimum absolute atomic E-state index is 0.0589. The zero-order valence-electron chi connectivity index (χ0n) is 11.8. The van der Waals surface area contributed by atoms with Gasteiger partial charge in [-0.2, -0.15) is 0 Å². The van der Waals surface area contributed by atoms with Crippen molar-refractivity contribution in [3.8, 4) is 0 Å². The van der Waals surface area contributed by atoms with Crippen molar-refractivity contribution in [3.63, 3.8) is 0 Å². The van der Waals surface area contributed by atoms with E-state index in [2.05, 4.69) is 5.32 Å². The average Bonchev–Trinajstić information content (AvgIpc) is 2.89. The second-order valence-electron chi connectivity index (χ2n) is 4.81. The number of rotatable bonds is 7. The summed E-state index contributed by atoms with van der Waals surface area (Å²) in [6, 6.07) is -1.13. The smallest absolute Gasteiger partial charge is 0.326 e. The number of carbonyl (C=O) groups excluding carboxylic acids is 2. The molecule has 0 radical (unpaired) electrons. The van der Waals surface area contributed by atoms with Crippen molar-refractivity contribution in [1.82, 2.24) is 5.32 Å². The van der Waals surface area contributed by atoms with Gasteiger partial charge in [0.25, 0.3) is 0 Å². The van der Waals surface area contributed by atoms with Crippen molar-refractivity contribution < 1.29 is 29.0 Å². The van der Waals surface area contributed by atoms with Crippen LogP contribution in [-0.4, -0.2) is 48.3 Å². The number of esters is 1. The van der Waals surface area contributed by atoms with E-state index in [9.17, 15) is 19.5 Å². The lowest BCUT2D eigenvalue weighted by Crippen LogP contribution is -2.49. The fraction of sp³-hybridized carbons (Fsp3) is 0.769. The van der Waals surface area contributed by atoms with Gasteiger partial charge in [-0.15, -0.1) is 0 Å². The molecule has 7 heteroatoms. The summed E-state index contributed by atoms with van der Waals surface area (Å²) in [7, 11) is 0. The number of ether oxygens (including phenoxy) is 2. The van der Waals surface area contributed by atoms with E-state index in [4.69, 9.17) is 9.47 Å². The Hall–Kier alpha value is -1.63. The summed E-state index contributed by atoms with van der Waals surface area (Å²) in [5, 5.41) is 11.6. The number of aliphatic carboxylic acids is 1. The summed E-state index contributed by atoms with van der Waals surface area (Å²) in [6.07, 6.45) is 0.724. The molecule has 0 unspecified atom stereocenters. The van der Waals surface area contributed by atoms with Crippen molar-refractivity contribution >= 4 is 17.8 Å². The van der Waals surface area contributed by atoms with Crippen LogP contribution in [0.15, 0.2) is 0 Å². The van der Waals surface area contributed by atoms with Crippen LogP contribution in [0, 0.1) is 5.92 Å². The molecular weight excluding hydrogens is 266 g/mol. The highest BCUT2D eigenvalue weighted by molar-refractivity contribution is 5.87. The Morgan fingerprint density at radius 1 is 1.45 bits per heavy atom. The van der Waals surface area contributed by atoms with Gasteiger partial charge in [0.1, 0.15) is 12.1 Å². The molecule has 0 aliphatic carbocycles. The van der Waals surface area contributed by atoms with Crippen molar-refractivity contribution in [2.24, 2.45) is 5.92 Å². The lowest BCUT2D eigenvalue weighted by molar-refractivity contribution is -0.148. The summed E-state index contributed by atoms with van der Waals surface area (Å²) < 4.78 is 9.98. The summed E-state index contributed by atoms with van der Waals surface area (Å²) in [5.74, 6) is -2.65. The van der Waals surface area contributed by atoms with Gasteiger partial charge in [-0.1, -0.05) is 6.92 Å². The van der Waals surface area contributed by atoms with Gasteiger partial charge in [0.15, 0.2) is 0 Å². The molecule has 1 amide bonds. The molecule has 0 spiro atoms. The Balaban J connectivity index is 2.56. The summed E-state index contributed by atoms with van der Waals surface area (Å²) in [5.41, 5.74) is 0. The number of carbonyl (C=O) groups is 3. The van der Waals surface area contributed by atoms with Crippen LogP contribution < -0.4 is 5.32 Å². The fourth-order valence-electron chi connectivity index (χ4n) is 2.08. The summed E-state index contributed by atoms with van der Waals surface area (Å²) in [4.78, 5) is 34.5. The minimum atomic E-state index is -1.17. The Bertz CT molecular complexity index is 364. The van der Waals surface area contributed by atoms with Crippen molar-refractivity contribution in [2.75, 3.05) is 13.2 Å². The third kappa shape index (κ3) is 4.80. The van der Waals surface area contributed by atoms with Gasteiger partial charge in [-0.05, 0) is 25.7 Å². The quantitative estimate of drug-likeness (QED) is 0.654. The topological polar surface area (TPSA) is 102 Å². The van der Waals surface area contributed by atoms with E-state index in [0.717, 1.165) is 6.42 Å². The van der Waals surface area contributed by atoms with Crippen molar-refractivity contribution in [2.45, 2.75) is 45.3 Å². The van der Waals surface area contributed by atoms with E-state index in [0.29, 0.717) is 13.0 Å². The molecule has 1 aliphatic rings. The lowest BCUT2D eigenvalue weighted by Gasteiger charge is -2.22. The van der Waals surface area contributed by atoms with Crippen LogP contribution in [0.5, 0.6) is 0 Å². The number of carboxylic acids is 1. The molecule has 20 heavy (non-hydrogen) atoms. The molecular formula is C13H21NO6. The van der Waals surface area contributed by atoms with E-state index in [-0.39, 0.29) is 13.0 Å². The highest BCUT2D eigenvalue weighted by Crippen LogP contribution is 2.15. The number of nitrogens with one attached hydrogen (secondary N) is 1. The first kappa shape index (κ1) is 16.4. The Morgan fingerprint density at radius 3 is 2.65 bits per heavy atom. The first-order valence-electron chi connectivity index (χ1n) is 6.76. The zero-order valence-corrected chi connectivity index (χ0v) is 11.8. The maximum Gasteiger partial charge on any atom is 0.326 e. The van der Waals surface area contributed by atoms with Crippen molar-refractivity contribution in [1.29, 1.82) is 0 Å². The molecule has 3 atom stereocenters. The Kier molecular flexibility index (Phi) is 6.44. The van der Waals surface area contributed by atoms with E-state index < -0.39 is 35.9 Å². The normalized spacial score (nSPS) is 21.0. The van der Waals surface area contributed by atoms with Crippen LogP contribution in [0.25, 0.3) is 0 Å². The highest BCUT2D eigenvalue weighted by atomic mass is 16.5. The monoisotopic (exact) mass is 287 g/mol. The van der Waals surface area contributed by atoms with Gasteiger partial charge < -0.3 is 19.9 Å². The number of hydrogen-bond acceptors (Lipinski definition) is 5. The SMILES string of the molecule is CCOC(=O)C[C@@H](C)[C@H](NC(=O)[C@H]1CCCO1)C(=O)O. The molecule has 1 aliphatic heterocycles. The molecule has 1 heterocycles. The van der Waals surface area contributed by atoms with Gasteiger partial charge in [0.2, 0.25) is 5.91 Å². The van der Waals surface area contributed by atoms with Gasteiger partial charge in [-0.25, -0.2) is 4.79 Å². The summed E-state index contributed by atoms with van der Waals surface area (Å²) in [6.45, 7) is 4.02. The molecule has 1 fully saturated rings. The third-order valence-electron chi connectivity index (χ3n) is 3.15. The molecule has 0 saturated carbocycles. The van der Waals surface area contributed by atoms with Gasteiger partial charge in [0.05, 0.1) is 13.0 Å². The molecule has 0 aromatic heterocycles. The molecule has 7 nitrogen and oxygen atoms in total. The first-order valence-corrected chi connectivity index (χ1v) is 6.76. The number of amides is 1. The lowest BCUT2D eigenvalue weighted by atomic mass is 9.98. The van der Waals surface area contributed by atoms with E-state index in [1.165, 1.54) is 0 Å². The fourth-order valence-corrected chi connectivity index (χ4v) is 2.08. The molecule has 0 bridgehead atoms. The first-order chi connectivity index (χ1) is 9.45. The second-order valence-corrected chi connectivity index (χ2v) is 4.81. The van der Waals surface area contributed by atoms with Crippen LogP contribution >= 0.6 is 0 Å². The molecule has 0 aromatic rings. The van der Waals surface area contributed by atoms with Crippen LogP contribution in [0.2, 0.25) is 0 Å². The Labute approximate surface area is 117 Å². The molecule has 114 valence electrons. The molecule has 0 aromatic carbocycles. The predicted molar refractivity (Wildman–Crippen MR) is 69.0 cm³/mol. The van der Waals surface area contributed by atoms with Crippen molar-refractivity contribution in [3.05, 3.63) is 0 Å². The van der Waals surface area contributed by atoms with Crippen LogP contribution in [-0.2, 0) is 23.9 Å². The van der Waals surface area contributed by atoms with E-state index >= 15 is 0 Å². The van der Waals surface area contributed by atoms with Crippen LogP contribution in [0.1, 0.15) is 33.1 Å².